The van der Waals surface area contributed by atoms with Gasteiger partial charge in [-0.25, -0.2) is 19.2 Å². The van der Waals surface area contributed by atoms with Crippen molar-refractivity contribution in [2.75, 3.05) is 20.3 Å². The van der Waals surface area contributed by atoms with Crippen molar-refractivity contribution in [3.63, 3.8) is 0 Å². The number of nitrogens with one attached hydrogen (secondary N) is 3. The molecule has 2 aliphatic rings. The second-order valence-corrected chi connectivity index (χ2v) is 13.6. The van der Waals surface area contributed by atoms with Gasteiger partial charge in [-0.1, -0.05) is 19.0 Å². The summed E-state index contributed by atoms with van der Waals surface area (Å²) in [5.41, 5.74) is 6.95. The van der Waals surface area contributed by atoms with Crippen molar-refractivity contribution in [1.82, 2.24) is 24.2 Å². The van der Waals surface area contributed by atoms with Crippen LogP contribution in [0, 0.1) is 19.8 Å². The number of aromatic amines is 2. The Labute approximate surface area is 272 Å². The molecule has 2 saturated heterocycles. The Morgan fingerprint density at radius 1 is 1.08 bits per heavy atom. The molecule has 2 aliphatic heterocycles. The van der Waals surface area contributed by atoms with E-state index in [2.05, 4.69) is 25.1 Å². The van der Waals surface area contributed by atoms with Crippen LogP contribution in [0.3, 0.4) is 0 Å². The average molecular weight is 699 g/mol. The second-order valence-electron chi connectivity index (χ2n) is 11.9. The van der Waals surface area contributed by atoms with Crippen LogP contribution in [0.2, 0.25) is 0 Å². The van der Waals surface area contributed by atoms with Gasteiger partial charge in [0.2, 0.25) is 0 Å². The van der Waals surface area contributed by atoms with Crippen molar-refractivity contribution in [2.45, 2.75) is 89.8 Å². The van der Waals surface area contributed by atoms with Gasteiger partial charge in [0.1, 0.15) is 30.7 Å². The normalized spacial score (nSPS) is 25.8. The van der Waals surface area contributed by atoms with Crippen LogP contribution in [-0.2, 0) is 32.6 Å². The lowest BCUT2D eigenvalue weighted by atomic mass is 10.1. The molecule has 1 unspecified atom stereocenters. The van der Waals surface area contributed by atoms with Crippen LogP contribution in [-0.4, -0.2) is 80.9 Å². The van der Waals surface area contributed by atoms with Gasteiger partial charge in [0.05, 0.1) is 32.5 Å². The maximum Gasteiger partial charge on any atom is 0.406 e. The van der Waals surface area contributed by atoms with E-state index in [4.69, 9.17) is 23.3 Å². The predicted molar refractivity (Wildman–Crippen MR) is 166 cm³/mol. The molecule has 48 heavy (non-hydrogen) atoms. The van der Waals surface area contributed by atoms with Gasteiger partial charge in [0, 0.05) is 41.3 Å². The Bertz CT molecular complexity index is 1810. The number of carbonyl (C=O) groups is 1. The van der Waals surface area contributed by atoms with E-state index in [1.807, 2.05) is 13.8 Å². The van der Waals surface area contributed by atoms with E-state index in [1.54, 1.807) is 0 Å². The lowest BCUT2D eigenvalue weighted by Crippen LogP contribution is -2.40. The summed E-state index contributed by atoms with van der Waals surface area (Å²) in [4.78, 5) is 68.7. The number of aliphatic hydroxyl groups is 1. The third kappa shape index (κ3) is 8.58. The summed E-state index contributed by atoms with van der Waals surface area (Å²) in [6.07, 6.45) is -2.78. The number of nitrogens with zero attached hydrogens (tertiary/aromatic N) is 5. The molecule has 21 heteroatoms. The number of aryl methyl sites for hydroxylation is 2. The average Bonchev–Trinajstić information content (AvgIpc) is 3.62. The molecule has 4 heterocycles. The minimum absolute atomic E-state index is 0.00172. The molecule has 0 radical (unpaired) electrons. The standard InChI is InChI=1S/C27H39N8O12P/c1-13(2)6-17(25(39)43-5)32-48(42,47-18-8-22(45-19(18)11-36)35-10-15(4)24(38)30-27(35)41)44-12-20-16(31-33-28)7-21(46-20)34-9-14(3)23(37)29-26(34)40/h9-10,13,16-22,36H,6-8,11-12H2,1-5H3,(H,32,42)(H,29,37,40)(H,30,38,41)/t16-,17-,18-,19+,20+,21+,22+,48?/m0/s1. The number of aliphatic hydroxyl groups excluding tert-OH is 1. The molecule has 2 aromatic rings. The SMILES string of the molecule is COC(=O)[C@H](CC(C)C)NP(=O)(OC[C@H]1O[C@@H](n2cc(C)c(=O)[nH]c2=O)C[C@@H]1N=[N+]=[N-])O[C@H]1C[C@H](n2cc(C)c(=O)[nH]c2=O)O[C@@H]1CO. The Balaban J connectivity index is 1.62. The third-order valence-electron chi connectivity index (χ3n) is 7.87. The van der Waals surface area contributed by atoms with E-state index in [0.717, 1.165) is 16.2 Å². The van der Waals surface area contributed by atoms with Gasteiger partial charge in [-0.3, -0.25) is 42.5 Å². The topological polar surface area (TPSA) is 271 Å². The van der Waals surface area contributed by atoms with Crippen molar-refractivity contribution >= 4 is 13.7 Å². The number of esters is 1. The van der Waals surface area contributed by atoms with Crippen LogP contribution in [0.5, 0.6) is 0 Å². The molecule has 2 aromatic heterocycles. The number of H-pyrrole nitrogens is 2. The van der Waals surface area contributed by atoms with Crippen LogP contribution in [0.15, 0.2) is 36.7 Å². The highest BCUT2D eigenvalue weighted by molar-refractivity contribution is 7.51. The number of hydrogen-bond donors (Lipinski definition) is 4. The van der Waals surface area contributed by atoms with E-state index < -0.39 is 92.3 Å². The van der Waals surface area contributed by atoms with Gasteiger partial charge in [0.25, 0.3) is 11.1 Å². The quantitative estimate of drug-likeness (QED) is 0.0694. The highest BCUT2D eigenvalue weighted by Gasteiger charge is 2.45. The van der Waals surface area contributed by atoms with Gasteiger partial charge in [-0.15, -0.1) is 0 Å². The predicted octanol–water partition coefficient (Wildman–Crippen LogP) is 0.637. The van der Waals surface area contributed by atoms with Crippen LogP contribution < -0.4 is 27.6 Å². The maximum atomic E-state index is 14.5. The smallest absolute Gasteiger partial charge is 0.406 e. The monoisotopic (exact) mass is 698 g/mol. The molecular formula is C27H39N8O12P. The molecular weight excluding hydrogens is 659 g/mol. The minimum Gasteiger partial charge on any atom is -0.468 e. The van der Waals surface area contributed by atoms with Crippen molar-refractivity contribution in [2.24, 2.45) is 11.0 Å². The summed E-state index contributed by atoms with van der Waals surface area (Å²) in [6.45, 7) is 5.48. The molecule has 0 saturated carbocycles. The number of aromatic nitrogens is 4. The van der Waals surface area contributed by atoms with E-state index in [-0.39, 0.29) is 36.3 Å². The lowest BCUT2D eigenvalue weighted by molar-refractivity contribution is -0.143. The molecule has 4 N–H and O–H groups in total. The summed E-state index contributed by atoms with van der Waals surface area (Å²) in [5.74, 6) is -0.843. The van der Waals surface area contributed by atoms with E-state index in [1.165, 1.54) is 26.2 Å². The van der Waals surface area contributed by atoms with Crippen molar-refractivity contribution in [3.8, 4) is 0 Å². The zero-order valence-corrected chi connectivity index (χ0v) is 27.8. The van der Waals surface area contributed by atoms with Gasteiger partial charge in [-0.05, 0) is 31.7 Å². The molecule has 0 bridgehead atoms. The molecule has 0 aliphatic carbocycles. The van der Waals surface area contributed by atoms with Crippen molar-refractivity contribution in [3.05, 3.63) is 75.6 Å². The Morgan fingerprint density at radius 3 is 2.17 bits per heavy atom. The number of rotatable bonds is 14. The summed E-state index contributed by atoms with van der Waals surface area (Å²) in [7, 11) is -3.42. The molecule has 20 nitrogen and oxygen atoms in total. The Hall–Kier alpha value is -3.87. The molecule has 0 spiro atoms. The fourth-order valence-corrected chi connectivity index (χ4v) is 7.13. The number of carbonyl (C=O) groups excluding carboxylic acids is 1. The van der Waals surface area contributed by atoms with Gasteiger partial charge in [0.15, 0.2) is 0 Å². The molecule has 264 valence electrons. The number of methoxy groups -OCH3 is 1. The van der Waals surface area contributed by atoms with Crippen LogP contribution in [0.4, 0.5) is 0 Å². The lowest BCUT2D eigenvalue weighted by Gasteiger charge is -2.29. The summed E-state index contributed by atoms with van der Waals surface area (Å²) < 4.78 is 45.2. The van der Waals surface area contributed by atoms with E-state index in [0.29, 0.717) is 0 Å². The summed E-state index contributed by atoms with van der Waals surface area (Å²) in [6, 6.07) is -2.09. The Kier molecular flexibility index (Phi) is 12.0. The number of ether oxygens (including phenoxy) is 3. The van der Waals surface area contributed by atoms with Crippen LogP contribution in [0.25, 0.3) is 10.4 Å². The first-order valence-electron chi connectivity index (χ1n) is 15.1. The molecule has 0 amide bonds. The first kappa shape index (κ1) is 37.0. The van der Waals surface area contributed by atoms with Gasteiger partial charge >= 0.3 is 25.1 Å². The Morgan fingerprint density at radius 2 is 1.65 bits per heavy atom. The second kappa shape index (κ2) is 15.6. The first-order valence-corrected chi connectivity index (χ1v) is 16.6. The van der Waals surface area contributed by atoms with Gasteiger partial charge in [-0.2, -0.15) is 0 Å². The third-order valence-corrected chi connectivity index (χ3v) is 9.53. The fourth-order valence-electron chi connectivity index (χ4n) is 5.42. The maximum absolute atomic E-state index is 14.5. The number of hydrogen-bond acceptors (Lipinski definition) is 13. The van der Waals surface area contributed by atoms with E-state index in [9.17, 15) is 39.2 Å². The fraction of sp³-hybridized carbons (Fsp3) is 0.667. The zero-order valence-electron chi connectivity index (χ0n) is 26.9. The van der Waals surface area contributed by atoms with E-state index >= 15 is 0 Å². The van der Waals surface area contributed by atoms with Crippen molar-refractivity contribution in [1.29, 1.82) is 0 Å². The number of azide groups is 1. The molecule has 2 fully saturated rings. The zero-order chi connectivity index (χ0) is 35.3. The summed E-state index contributed by atoms with van der Waals surface area (Å²) >= 11 is 0. The van der Waals surface area contributed by atoms with Crippen LogP contribution in [0.1, 0.15) is 56.7 Å². The minimum atomic E-state index is -4.58. The highest BCUT2D eigenvalue weighted by atomic mass is 31.2. The van der Waals surface area contributed by atoms with Crippen LogP contribution >= 0.6 is 7.75 Å². The largest absolute Gasteiger partial charge is 0.468 e. The molecule has 4 rings (SSSR count). The van der Waals surface area contributed by atoms with Gasteiger partial charge < -0.3 is 19.3 Å². The van der Waals surface area contributed by atoms with Crippen molar-refractivity contribution < 1.29 is 37.7 Å². The summed E-state index contributed by atoms with van der Waals surface area (Å²) in [5, 5.41) is 16.5. The molecule has 8 atom stereocenters. The molecule has 0 aromatic carbocycles. The highest BCUT2D eigenvalue weighted by Crippen LogP contribution is 2.50. The first-order chi connectivity index (χ1) is 22.7.